The van der Waals surface area contributed by atoms with E-state index < -0.39 is 14.2 Å². The lowest BCUT2D eigenvalue weighted by atomic mass is 10.0. The molecule has 2 aromatic heterocycles. The van der Waals surface area contributed by atoms with E-state index >= 15 is 0 Å². The van der Waals surface area contributed by atoms with Crippen molar-refractivity contribution in [1.82, 2.24) is 30.5 Å². The van der Waals surface area contributed by atoms with Crippen LogP contribution in [-0.4, -0.2) is 52.5 Å². The maximum Gasteiger partial charge on any atom is 0.412 e. The van der Waals surface area contributed by atoms with Crippen LogP contribution in [-0.2, 0) is 18.1 Å². The second-order valence-electron chi connectivity index (χ2n) is 12.3. The van der Waals surface area contributed by atoms with Crippen LogP contribution in [0.5, 0.6) is 11.5 Å². The van der Waals surface area contributed by atoms with Crippen molar-refractivity contribution in [2.24, 2.45) is 0 Å². The lowest BCUT2D eigenvalue weighted by Crippen LogP contribution is -2.27. The summed E-state index contributed by atoms with van der Waals surface area (Å²) in [5.41, 5.74) is 3.26. The number of nitrogens with one attached hydrogen (secondary N) is 1. The molecule has 0 atom stereocenters. The second-order valence-corrected chi connectivity index (χ2v) is 17.9. The Morgan fingerprint density at radius 3 is 2.51 bits per heavy atom. The number of benzene rings is 2. The molecule has 0 unspecified atom stereocenters. The summed E-state index contributed by atoms with van der Waals surface area (Å²) in [7, 11) is -1.21. The van der Waals surface area contributed by atoms with Gasteiger partial charge in [0.05, 0.1) is 0 Å². The van der Waals surface area contributed by atoms with Gasteiger partial charge in [-0.2, -0.15) is 4.68 Å². The predicted octanol–water partition coefficient (Wildman–Crippen LogP) is 7.74. The molecule has 2 heterocycles. The summed E-state index contributed by atoms with van der Waals surface area (Å²) in [4.78, 5) is 17.1. The zero-order valence-electron chi connectivity index (χ0n) is 27.0. The first kappa shape index (κ1) is 33.8. The number of carbonyl (C=O) groups is 1. The zero-order valence-corrected chi connectivity index (χ0v) is 28.0. The molecule has 0 radical (unpaired) electrons. The number of rotatable bonds is 18. The van der Waals surface area contributed by atoms with Gasteiger partial charge in [0.1, 0.15) is 24.8 Å². The van der Waals surface area contributed by atoms with Crippen LogP contribution in [0.1, 0.15) is 51.0 Å². The van der Waals surface area contributed by atoms with E-state index in [1.54, 1.807) is 29.2 Å². The molecular weight excluding hydrogens is 584 g/mol. The summed E-state index contributed by atoms with van der Waals surface area (Å²) in [6.45, 7) is 11.0. The van der Waals surface area contributed by atoms with Crippen LogP contribution in [0.3, 0.4) is 0 Å². The van der Waals surface area contributed by atoms with Gasteiger partial charge in [-0.3, -0.25) is 4.98 Å². The van der Waals surface area contributed by atoms with Gasteiger partial charge in [-0.15, -0.1) is 5.10 Å². The number of hydrogen-bond acceptors (Lipinski definition) is 8. The van der Waals surface area contributed by atoms with Crippen molar-refractivity contribution in [2.75, 3.05) is 13.2 Å². The fourth-order valence-corrected chi connectivity index (χ4v) is 5.39. The summed E-state index contributed by atoms with van der Waals surface area (Å²) in [6.07, 6.45) is 9.90. The van der Waals surface area contributed by atoms with E-state index in [0.717, 1.165) is 41.1 Å². The topological polar surface area (TPSA) is 113 Å². The number of hydrogen-bond donors (Lipinski definition) is 1. The fraction of sp³-hybridized carbons (Fsp3) is 0.441. The standard InChI is InChI=1S/C34H46N6O4Si/c1-5-6-7-8-9-13-18-36-34(41)44-30-16-17-32(43-25-27-14-11-10-12-15-27)31(22-30)28-21-29(24-35-23-28)33-37-38-39-40(33)26-42-19-20-45(2,3)4/h10-12,14-17,21-24H,5-9,13,18-20,25-26H2,1-4H3,(H,36,41). The van der Waals surface area contributed by atoms with Crippen LogP contribution in [0, 0.1) is 0 Å². The van der Waals surface area contributed by atoms with Crippen molar-refractivity contribution in [3.63, 3.8) is 0 Å². The van der Waals surface area contributed by atoms with Crippen LogP contribution in [0.4, 0.5) is 4.79 Å². The molecule has 240 valence electrons. The highest BCUT2D eigenvalue weighted by Gasteiger charge is 2.16. The Bertz CT molecular complexity index is 1480. The Morgan fingerprint density at radius 2 is 1.71 bits per heavy atom. The zero-order chi connectivity index (χ0) is 31.9. The molecule has 0 aliphatic carbocycles. The maximum absolute atomic E-state index is 12.6. The molecule has 1 amide bonds. The SMILES string of the molecule is CCCCCCCCNC(=O)Oc1ccc(OCc2ccccc2)c(-c2cncc(-c3nnnn3COCC[Si](C)(C)C)c2)c1. The van der Waals surface area contributed by atoms with Gasteiger partial charge in [-0.05, 0) is 52.7 Å². The minimum atomic E-state index is -1.21. The minimum absolute atomic E-state index is 0.250. The van der Waals surface area contributed by atoms with Crippen LogP contribution in [0.2, 0.25) is 25.7 Å². The molecule has 0 aliphatic rings. The van der Waals surface area contributed by atoms with E-state index in [-0.39, 0.29) is 6.73 Å². The van der Waals surface area contributed by atoms with Gasteiger partial charge in [0.2, 0.25) is 0 Å². The van der Waals surface area contributed by atoms with E-state index in [9.17, 15) is 4.79 Å². The number of amides is 1. The molecule has 4 aromatic rings. The molecule has 4 rings (SSSR count). The highest BCUT2D eigenvalue weighted by Crippen LogP contribution is 2.35. The van der Waals surface area contributed by atoms with Gasteiger partial charge in [-0.1, -0.05) is 89.0 Å². The molecule has 0 fully saturated rings. The Labute approximate surface area is 267 Å². The van der Waals surface area contributed by atoms with Gasteiger partial charge in [-0.25, -0.2) is 4.79 Å². The first-order chi connectivity index (χ1) is 21.8. The van der Waals surface area contributed by atoms with Crippen LogP contribution >= 0.6 is 0 Å². The van der Waals surface area contributed by atoms with Gasteiger partial charge in [0.25, 0.3) is 0 Å². The highest BCUT2D eigenvalue weighted by molar-refractivity contribution is 6.76. The third-order valence-corrected chi connectivity index (χ3v) is 8.95. The average molecular weight is 631 g/mol. The summed E-state index contributed by atoms with van der Waals surface area (Å²) >= 11 is 0. The van der Waals surface area contributed by atoms with Crippen molar-refractivity contribution in [1.29, 1.82) is 0 Å². The summed E-state index contributed by atoms with van der Waals surface area (Å²) in [5, 5.41) is 15.1. The number of pyridine rings is 1. The molecule has 10 nitrogen and oxygen atoms in total. The smallest absolute Gasteiger partial charge is 0.412 e. The molecule has 0 spiro atoms. The highest BCUT2D eigenvalue weighted by atomic mass is 28.3. The van der Waals surface area contributed by atoms with E-state index in [0.29, 0.717) is 37.1 Å². The van der Waals surface area contributed by atoms with Crippen molar-refractivity contribution in [2.45, 2.75) is 84.5 Å². The Kier molecular flexibility index (Phi) is 13.1. The van der Waals surface area contributed by atoms with Crippen LogP contribution in [0.15, 0.2) is 67.0 Å². The number of ether oxygens (including phenoxy) is 3. The lowest BCUT2D eigenvalue weighted by molar-refractivity contribution is 0.0784. The summed E-state index contributed by atoms with van der Waals surface area (Å²) < 4.78 is 19.4. The first-order valence-corrected chi connectivity index (χ1v) is 19.6. The average Bonchev–Trinajstić information content (AvgIpc) is 3.51. The van der Waals surface area contributed by atoms with Gasteiger partial charge >= 0.3 is 6.09 Å². The fourth-order valence-electron chi connectivity index (χ4n) is 4.64. The van der Waals surface area contributed by atoms with Crippen LogP contribution < -0.4 is 14.8 Å². The van der Waals surface area contributed by atoms with Crippen molar-refractivity contribution in [3.05, 3.63) is 72.6 Å². The van der Waals surface area contributed by atoms with Gasteiger partial charge < -0.3 is 19.5 Å². The second kappa shape index (κ2) is 17.4. The molecule has 0 saturated heterocycles. The molecule has 0 aliphatic heterocycles. The molecular formula is C34H46N6O4Si. The summed E-state index contributed by atoms with van der Waals surface area (Å²) in [5.74, 6) is 1.58. The van der Waals surface area contributed by atoms with E-state index in [2.05, 4.69) is 52.4 Å². The van der Waals surface area contributed by atoms with E-state index in [4.69, 9.17) is 14.2 Å². The number of carbonyl (C=O) groups excluding carboxylic acids is 1. The van der Waals surface area contributed by atoms with Crippen molar-refractivity contribution >= 4 is 14.2 Å². The molecule has 45 heavy (non-hydrogen) atoms. The normalized spacial score (nSPS) is 11.4. The Morgan fingerprint density at radius 1 is 0.933 bits per heavy atom. The van der Waals surface area contributed by atoms with Gasteiger partial charge in [0, 0.05) is 50.3 Å². The van der Waals surface area contributed by atoms with Crippen molar-refractivity contribution in [3.8, 4) is 34.0 Å². The van der Waals surface area contributed by atoms with Crippen molar-refractivity contribution < 1.29 is 19.0 Å². The number of tetrazole rings is 1. The maximum atomic E-state index is 12.6. The number of aromatic nitrogens is 5. The minimum Gasteiger partial charge on any atom is -0.488 e. The summed E-state index contributed by atoms with van der Waals surface area (Å²) in [6, 6.07) is 18.3. The first-order valence-electron chi connectivity index (χ1n) is 15.9. The molecule has 0 saturated carbocycles. The molecule has 11 heteroatoms. The third kappa shape index (κ3) is 11.4. The molecule has 2 aromatic carbocycles. The third-order valence-electron chi connectivity index (χ3n) is 7.25. The number of unbranched alkanes of at least 4 members (excludes halogenated alkanes) is 5. The monoisotopic (exact) mass is 630 g/mol. The largest absolute Gasteiger partial charge is 0.488 e. The molecule has 1 N–H and O–H groups in total. The molecule has 0 bridgehead atoms. The Hall–Kier alpha value is -4.09. The van der Waals surface area contributed by atoms with E-state index in [1.165, 1.54) is 25.7 Å². The quantitative estimate of drug-likeness (QED) is 0.0877. The predicted molar refractivity (Wildman–Crippen MR) is 179 cm³/mol. The lowest BCUT2D eigenvalue weighted by Gasteiger charge is -2.15. The van der Waals surface area contributed by atoms with Crippen LogP contribution in [0.25, 0.3) is 22.5 Å². The van der Waals surface area contributed by atoms with E-state index in [1.807, 2.05) is 42.5 Å². The van der Waals surface area contributed by atoms with Gasteiger partial charge in [0.15, 0.2) is 5.82 Å². The Balaban J connectivity index is 1.50. The number of nitrogens with zero attached hydrogens (tertiary/aromatic N) is 5.